The molecule has 1 aliphatic heterocycles. The molecule has 1 heterocycles. The minimum atomic E-state index is -0.599. The van der Waals surface area contributed by atoms with E-state index in [4.69, 9.17) is 14.7 Å². The second-order valence-corrected chi connectivity index (χ2v) is 4.48. The quantitative estimate of drug-likeness (QED) is 0.867. The van der Waals surface area contributed by atoms with Crippen LogP contribution in [0.5, 0.6) is 0 Å². The summed E-state index contributed by atoms with van der Waals surface area (Å²) in [7, 11) is 0. The summed E-state index contributed by atoms with van der Waals surface area (Å²) in [6, 6.07) is 11.4. The van der Waals surface area contributed by atoms with E-state index in [2.05, 4.69) is 11.4 Å². The fourth-order valence-electron chi connectivity index (χ4n) is 1.80. The maximum absolute atomic E-state index is 9.17. The molecule has 0 spiro atoms. The minimum absolute atomic E-state index is 0.241. The molecule has 0 radical (unpaired) electrons. The number of nitrogens with zero attached hydrogens (tertiary/aromatic N) is 1. The largest absolute Gasteiger partial charge is 0.368 e. The Balaban J connectivity index is 2.02. The van der Waals surface area contributed by atoms with Gasteiger partial charge in [-0.1, -0.05) is 18.2 Å². The average molecular weight is 232 g/mol. The van der Waals surface area contributed by atoms with Crippen molar-refractivity contribution >= 4 is 5.69 Å². The average Bonchev–Trinajstić information content (AvgIpc) is 2.68. The van der Waals surface area contributed by atoms with Crippen LogP contribution >= 0.6 is 0 Å². The van der Waals surface area contributed by atoms with Gasteiger partial charge in [0, 0.05) is 5.69 Å². The molecule has 1 saturated heterocycles. The number of hydrogen-bond donors (Lipinski definition) is 1. The maximum Gasteiger partial charge on any atom is 0.163 e. The lowest BCUT2D eigenvalue weighted by atomic mass is 10.2. The second kappa shape index (κ2) is 4.74. The first-order chi connectivity index (χ1) is 8.11. The molecule has 0 bridgehead atoms. The summed E-state index contributed by atoms with van der Waals surface area (Å²) in [4.78, 5) is 0. The highest BCUT2D eigenvalue weighted by atomic mass is 16.7. The van der Waals surface area contributed by atoms with Crippen LogP contribution in [0, 0.1) is 11.3 Å². The van der Waals surface area contributed by atoms with E-state index >= 15 is 0 Å². The van der Waals surface area contributed by atoms with Crippen LogP contribution in [0.3, 0.4) is 0 Å². The highest BCUT2D eigenvalue weighted by molar-refractivity contribution is 5.45. The highest BCUT2D eigenvalue weighted by Gasteiger charge is 2.37. The molecule has 0 unspecified atom stereocenters. The van der Waals surface area contributed by atoms with E-state index in [9.17, 15) is 0 Å². The summed E-state index contributed by atoms with van der Waals surface area (Å²) in [6.07, 6.45) is -0.241. The molecule has 2 rings (SSSR count). The number of anilines is 1. The van der Waals surface area contributed by atoms with Gasteiger partial charge in [0.25, 0.3) is 0 Å². The summed E-state index contributed by atoms with van der Waals surface area (Å²) >= 11 is 0. The molecule has 0 aliphatic carbocycles. The van der Waals surface area contributed by atoms with Crippen molar-refractivity contribution in [3.63, 3.8) is 0 Å². The van der Waals surface area contributed by atoms with Gasteiger partial charge < -0.3 is 14.8 Å². The van der Waals surface area contributed by atoms with Crippen LogP contribution < -0.4 is 5.32 Å². The molecular weight excluding hydrogens is 216 g/mol. The fourth-order valence-corrected chi connectivity index (χ4v) is 1.80. The smallest absolute Gasteiger partial charge is 0.163 e. The Bertz CT molecular complexity index is 411. The molecule has 4 nitrogen and oxygen atoms in total. The zero-order chi connectivity index (χ0) is 12.3. The summed E-state index contributed by atoms with van der Waals surface area (Å²) in [6.45, 7) is 4.14. The standard InChI is InChI=1S/C13H16N2O2/c1-13(2)16-9-12(17-13)11(8-14)15-10-6-4-3-5-7-10/h3-7,11-12,15H,9H2,1-2H3/t11-,12+/m0/s1. The predicted octanol–water partition coefficient (Wildman–Crippen LogP) is 2.14. The molecule has 1 aromatic carbocycles. The van der Waals surface area contributed by atoms with Crippen LogP contribution in [0.25, 0.3) is 0 Å². The van der Waals surface area contributed by atoms with Crippen LogP contribution in [-0.4, -0.2) is 24.5 Å². The first-order valence-corrected chi connectivity index (χ1v) is 5.64. The third-order valence-corrected chi connectivity index (χ3v) is 2.64. The normalized spacial score (nSPS) is 23.9. The van der Waals surface area contributed by atoms with Gasteiger partial charge in [-0.3, -0.25) is 0 Å². The molecule has 2 atom stereocenters. The summed E-state index contributed by atoms with van der Waals surface area (Å²) in [5.74, 6) is -0.599. The van der Waals surface area contributed by atoms with Crippen molar-refractivity contribution in [1.29, 1.82) is 5.26 Å². The van der Waals surface area contributed by atoms with Crippen LogP contribution in [-0.2, 0) is 9.47 Å². The molecule has 1 aliphatic rings. The van der Waals surface area contributed by atoms with Crippen molar-refractivity contribution in [3.8, 4) is 6.07 Å². The molecule has 90 valence electrons. The first kappa shape index (κ1) is 11.9. The topological polar surface area (TPSA) is 54.3 Å². The number of hydrogen-bond acceptors (Lipinski definition) is 4. The number of nitrogens with one attached hydrogen (secondary N) is 1. The predicted molar refractivity (Wildman–Crippen MR) is 64.4 cm³/mol. The van der Waals surface area contributed by atoms with E-state index in [1.807, 2.05) is 44.2 Å². The lowest BCUT2D eigenvalue weighted by Gasteiger charge is -2.21. The van der Waals surface area contributed by atoms with Gasteiger partial charge in [-0.25, -0.2) is 0 Å². The lowest BCUT2D eigenvalue weighted by Crippen LogP contribution is -2.35. The van der Waals surface area contributed by atoms with Gasteiger partial charge in [-0.2, -0.15) is 5.26 Å². The Morgan fingerprint density at radius 2 is 2.12 bits per heavy atom. The molecular formula is C13H16N2O2. The van der Waals surface area contributed by atoms with Crippen molar-refractivity contribution in [1.82, 2.24) is 0 Å². The Morgan fingerprint density at radius 1 is 1.41 bits per heavy atom. The number of rotatable bonds is 3. The van der Waals surface area contributed by atoms with Gasteiger partial charge >= 0.3 is 0 Å². The molecule has 4 heteroatoms. The van der Waals surface area contributed by atoms with Crippen molar-refractivity contribution < 1.29 is 9.47 Å². The number of para-hydroxylation sites is 1. The van der Waals surface area contributed by atoms with E-state index in [1.54, 1.807) is 0 Å². The van der Waals surface area contributed by atoms with E-state index in [-0.39, 0.29) is 6.10 Å². The van der Waals surface area contributed by atoms with Crippen LogP contribution in [0.2, 0.25) is 0 Å². The molecule has 1 N–H and O–H groups in total. The molecule has 1 aromatic rings. The lowest BCUT2D eigenvalue weighted by molar-refractivity contribution is -0.138. The van der Waals surface area contributed by atoms with Gasteiger partial charge in [0.05, 0.1) is 12.7 Å². The molecule has 0 amide bonds. The zero-order valence-electron chi connectivity index (χ0n) is 10.0. The first-order valence-electron chi connectivity index (χ1n) is 5.64. The van der Waals surface area contributed by atoms with Crippen LogP contribution in [0.4, 0.5) is 5.69 Å². The monoisotopic (exact) mass is 232 g/mol. The number of nitriles is 1. The van der Waals surface area contributed by atoms with Gasteiger partial charge in [-0.05, 0) is 26.0 Å². The van der Waals surface area contributed by atoms with Crippen molar-refractivity contribution in [2.45, 2.75) is 31.8 Å². The molecule has 0 aromatic heterocycles. The van der Waals surface area contributed by atoms with Crippen molar-refractivity contribution in [2.24, 2.45) is 0 Å². The van der Waals surface area contributed by atoms with Gasteiger partial charge in [0.2, 0.25) is 0 Å². The van der Waals surface area contributed by atoms with E-state index in [0.717, 1.165) is 5.69 Å². The SMILES string of the molecule is CC1(C)OC[C@H]([C@H](C#N)Nc2ccccc2)O1. The summed E-state index contributed by atoms with van der Waals surface area (Å²) in [5.41, 5.74) is 0.910. The number of ether oxygens (including phenoxy) is 2. The van der Waals surface area contributed by atoms with Gasteiger partial charge in [0.15, 0.2) is 5.79 Å². The van der Waals surface area contributed by atoms with Gasteiger partial charge in [0.1, 0.15) is 12.1 Å². The Kier molecular flexibility index (Phi) is 3.32. The fraction of sp³-hybridized carbons (Fsp3) is 0.462. The van der Waals surface area contributed by atoms with E-state index in [1.165, 1.54) is 0 Å². The number of benzene rings is 1. The summed E-state index contributed by atoms with van der Waals surface area (Å²) < 4.78 is 11.1. The third kappa shape index (κ3) is 2.96. The minimum Gasteiger partial charge on any atom is -0.368 e. The van der Waals surface area contributed by atoms with Crippen molar-refractivity contribution in [3.05, 3.63) is 30.3 Å². The molecule has 0 saturated carbocycles. The van der Waals surface area contributed by atoms with Gasteiger partial charge in [-0.15, -0.1) is 0 Å². The van der Waals surface area contributed by atoms with E-state index in [0.29, 0.717) is 6.61 Å². The summed E-state index contributed by atoms with van der Waals surface area (Å²) in [5, 5.41) is 12.3. The highest BCUT2D eigenvalue weighted by Crippen LogP contribution is 2.25. The third-order valence-electron chi connectivity index (χ3n) is 2.64. The Hall–Kier alpha value is -1.57. The second-order valence-electron chi connectivity index (χ2n) is 4.48. The van der Waals surface area contributed by atoms with Crippen LogP contribution in [0.15, 0.2) is 30.3 Å². The van der Waals surface area contributed by atoms with E-state index < -0.39 is 11.8 Å². The van der Waals surface area contributed by atoms with Crippen LogP contribution in [0.1, 0.15) is 13.8 Å². The Labute approximate surface area is 101 Å². The molecule has 17 heavy (non-hydrogen) atoms. The Morgan fingerprint density at radius 3 is 2.65 bits per heavy atom. The van der Waals surface area contributed by atoms with Crippen molar-refractivity contribution in [2.75, 3.05) is 11.9 Å². The molecule has 1 fully saturated rings. The maximum atomic E-state index is 9.17. The zero-order valence-corrected chi connectivity index (χ0v) is 10.0.